The molecule has 0 spiro atoms. The molecule has 150 valence electrons. The third-order valence-corrected chi connectivity index (χ3v) is 5.10. The number of amides is 1. The van der Waals surface area contributed by atoms with Crippen LogP contribution in [0.15, 0.2) is 47.8 Å². The Hall–Kier alpha value is -3.36. The molecule has 2 heterocycles. The van der Waals surface area contributed by atoms with Crippen molar-refractivity contribution in [1.82, 2.24) is 30.0 Å². The minimum atomic E-state index is -0.463. The van der Waals surface area contributed by atoms with E-state index in [1.54, 1.807) is 12.1 Å². The fraction of sp³-hybridized carbons (Fsp3) is 0.350. The summed E-state index contributed by atoms with van der Waals surface area (Å²) in [5.41, 5.74) is 1.11. The molecule has 1 aliphatic rings. The van der Waals surface area contributed by atoms with Crippen LogP contribution in [-0.2, 0) is 17.8 Å². The van der Waals surface area contributed by atoms with Crippen molar-refractivity contribution in [3.63, 3.8) is 0 Å². The summed E-state index contributed by atoms with van der Waals surface area (Å²) in [6.45, 7) is 0.00776. The molecular weight excluding hydrogens is 375 g/mol. The van der Waals surface area contributed by atoms with Crippen LogP contribution in [-0.4, -0.2) is 30.6 Å². The lowest BCUT2D eigenvalue weighted by Gasteiger charge is -2.25. The van der Waals surface area contributed by atoms with Crippen molar-refractivity contribution in [2.45, 2.75) is 44.2 Å². The van der Waals surface area contributed by atoms with E-state index in [0.29, 0.717) is 17.9 Å². The minimum Gasteiger partial charge on any atom is -0.347 e. The first-order valence-electron chi connectivity index (χ1n) is 9.54. The lowest BCUT2D eigenvalue weighted by molar-refractivity contribution is -0.122. The van der Waals surface area contributed by atoms with Gasteiger partial charge >= 0.3 is 0 Å². The molecule has 1 aromatic carbocycles. The molecule has 0 radical (unpaired) electrons. The molecule has 0 bridgehead atoms. The number of aromatic amines is 1. The standard InChI is InChI=1S/C20H21FN6O2/c21-15-6-4-13(5-7-15)17(25-19(29)10-27-12-22-11-23-27)8-16-9-18(28)26-20(24-16)14-2-1-3-14/h4-7,9,11-12,14,17H,1-3,8,10H2,(H,25,29)(H,24,26,28)/t17-/m0/s1. The number of carbonyl (C=O) groups excluding carboxylic acids is 1. The molecule has 1 aliphatic carbocycles. The second-order valence-corrected chi connectivity index (χ2v) is 7.22. The van der Waals surface area contributed by atoms with Gasteiger partial charge in [0.05, 0.1) is 11.7 Å². The summed E-state index contributed by atoms with van der Waals surface area (Å²) in [6, 6.07) is 6.91. The van der Waals surface area contributed by atoms with Gasteiger partial charge in [-0.25, -0.2) is 19.0 Å². The van der Waals surface area contributed by atoms with Crippen molar-refractivity contribution >= 4 is 5.91 Å². The first kappa shape index (κ1) is 19.0. The smallest absolute Gasteiger partial charge is 0.251 e. The highest BCUT2D eigenvalue weighted by Gasteiger charge is 2.23. The zero-order valence-corrected chi connectivity index (χ0v) is 15.7. The van der Waals surface area contributed by atoms with E-state index in [2.05, 4.69) is 25.4 Å². The number of carbonyl (C=O) groups is 1. The largest absolute Gasteiger partial charge is 0.347 e. The van der Waals surface area contributed by atoms with Gasteiger partial charge in [-0.3, -0.25) is 9.59 Å². The number of nitrogens with zero attached hydrogens (tertiary/aromatic N) is 4. The highest BCUT2D eigenvalue weighted by molar-refractivity contribution is 5.76. The molecule has 4 rings (SSSR count). The normalized spacial score (nSPS) is 14.9. The molecule has 0 aliphatic heterocycles. The first-order chi connectivity index (χ1) is 14.1. The molecule has 0 unspecified atom stereocenters. The zero-order chi connectivity index (χ0) is 20.2. The summed E-state index contributed by atoms with van der Waals surface area (Å²) in [7, 11) is 0. The third-order valence-electron chi connectivity index (χ3n) is 5.10. The number of hydrogen-bond acceptors (Lipinski definition) is 5. The van der Waals surface area contributed by atoms with Crippen molar-refractivity contribution in [2.24, 2.45) is 0 Å². The molecule has 29 heavy (non-hydrogen) atoms. The van der Waals surface area contributed by atoms with Crippen molar-refractivity contribution in [1.29, 1.82) is 0 Å². The van der Waals surface area contributed by atoms with Crippen LogP contribution in [0.3, 0.4) is 0 Å². The van der Waals surface area contributed by atoms with Gasteiger partial charge in [0.1, 0.15) is 30.8 Å². The fourth-order valence-electron chi connectivity index (χ4n) is 3.37. The Morgan fingerprint density at radius 1 is 1.31 bits per heavy atom. The van der Waals surface area contributed by atoms with Crippen molar-refractivity contribution in [3.05, 3.63) is 76.2 Å². The second-order valence-electron chi connectivity index (χ2n) is 7.22. The van der Waals surface area contributed by atoms with Crippen molar-refractivity contribution in [3.8, 4) is 0 Å². The van der Waals surface area contributed by atoms with Crippen LogP contribution < -0.4 is 10.9 Å². The number of H-pyrrole nitrogens is 1. The van der Waals surface area contributed by atoms with E-state index in [-0.39, 0.29) is 29.7 Å². The van der Waals surface area contributed by atoms with Crippen LogP contribution in [0, 0.1) is 5.82 Å². The lowest BCUT2D eigenvalue weighted by atomic mass is 9.85. The maximum atomic E-state index is 13.4. The van der Waals surface area contributed by atoms with Gasteiger partial charge in [-0.15, -0.1) is 0 Å². The van der Waals surface area contributed by atoms with E-state index in [4.69, 9.17) is 0 Å². The molecule has 1 fully saturated rings. The van der Waals surface area contributed by atoms with Crippen molar-refractivity contribution < 1.29 is 9.18 Å². The highest BCUT2D eigenvalue weighted by Crippen LogP contribution is 2.34. The Kier molecular flexibility index (Phi) is 5.46. The molecule has 9 heteroatoms. The van der Waals surface area contributed by atoms with Gasteiger partial charge in [-0.2, -0.15) is 5.10 Å². The van der Waals surface area contributed by atoms with E-state index in [1.165, 1.54) is 35.5 Å². The third kappa shape index (κ3) is 4.74. The number of hydrogen-bond donors (Lipinski definition) is 2. The Labute approximate surface area is 166 Å². The number of rotatable bonds is 7. The molecule has 8 nitrogen and oxygen atoms in total. The predicted molar refractivity (Wildman–Crippen MR) is 102 cm³/mol. The van der Waals surface area contributed by atoms with Gasteiger partial charge in [0, 0.05) is 18.4 Å². The van der Waals surface area contributed by atoms with Gasteiger partial charge in [-0.05, 0) is 30.5 Å². The van der Waals surface area contributed by atoms with E-state index >= 15 is 0 Å². The summed E-state index contributed by atoms with van der Waals surface area (Å²) in [5.74, 6) is 0.358. The number of benzene rings is 1. The maximum Gasteiger partial charge on any atom is 0.251 e. The monoisotopic (exact) mass is 396 g/mol. The molecule has 1 amide bonds. The topological polar surface area (TPSA) is 106 Å². The second kappa shape index (κ2) is 8.34. The van der Waals surface area contributed by atoms with E-state index < -0.39 is 6.04 Å². The number of nitrogens with one attached hydrogen (secondary N) is 2. The average molecular weight is 396 g/mol. The quantitative estimate of drug-likeness (QED) is 0.634. The number of aromatic nitrogens is 5. The summed E-state index contributed by atoms with van der Waals surface area (Å²) < 4.78 is 14.8. The minimum absolute atomic E-state index is 0.00776. The molecule has 2 aromatic heterocycles. The highest BCUT2D eigenvalue weighted by atomic mass is 19.1. The van der Waals surface area contributed by atoms with Gasteiger partial charge in [0.2, 0.25) is 5.91 Å². The molecule has 1 atom stereocenters. The molecular formula is C20H21FN6O2. The van der Waals surface area contributed by atoms with Crippen molar-refractivity contribution in [2.75, 3.05) is 0 Å². The van der Waals surface area contributed by atoms with E-state index in [0.717, 1.165) is 24.8 Å². The van der Waals surface area contributed by atoms with Crippen LogP contribution in [0.2, 0.25) is 0 Å². The first-order valence-corrected chi connectivity index (χ1v) is 9.54. The maximum absolute atomic E-state index is 13.4. The van der Waals surface area contributed by atoms with Crippen LogP contribution in [0.25, 0.3) is 0 Å². The van der Waals surface area contributed by atoms with E-state index in [9.17, 15) is 14.0 Å². The van der Waals surface area contributed by atoms with Crippen LogP contribution in [0.1, 0.15) is 48.3 Å². The SMILES string of the molecule is O=C(Cn1cncn1)N[C@@H](Cc1cc(=O)[nH]c(C2CCC2)n1)c1ccc(F)cc1. The Balaban J connectivity index is 1.56. The van der Waals surface area contributed by atoms with Gasteiger partial charge in [-0.1, -0.05) is 18.6 Å². The Morgan fingerprint density at radius 2 is 2.10 bits per heavy atom. The summed E-state index contributed by atoms with van der Waals surface area (Å²) >= 11 is 0. The van der Waals surface area contributed by atoms with Crippen LogP contribution in [0.4, 0.5) is 4.39 Å². The summed E-state index contributed by atoms with van der Waals surface area (Å²) in [6.07, 6.45) is 6.29. The van der Waals surface area contributed by atoms with Gasteiger partial charge in [0.25, 0.3) is 5.56 Å². The summed E-state index contributed by atoms with van der Waals surface area (Å²) in [4.78, 5) is 35.8. The molecule has 0 saturated heterocycles. The van der Waals surface area contributed by atoms with Gasteiger partial charge in [0.15, 0.2) is 0 Å². The van der Waals surface area contributed by atoms with Crippen LogP contribution >= 0.6 is 0 Å². The molecule has 3 aromatic rings. The van der Waals surface area contributed by atoms with E-state index in [1.807, 2.05) is 0 Å². The fourth-order valence-corrected chi connectivity index (χ4v) is 3.37. The van der Waals surface area contributed by atoms with Gasteiger partial charge < -0.3 is 10.3 Å². The summed E-state index contributed by atoms with van der Waals surface area (Å²) in [5, 5.41) is 6.86. The number of halogens is 1. The predicted octanol–water partition coefficient (Wildman–Crippen LogP) is 1.87. The Morgan fingerprint density at radius 3 is 2.76 bits per heavy atom. The molecule has 2 N–H and O–H groups in total. The lowest BCUT2D eigenvalue weighted by Crippen LogP contribution is -2.33. The average Bonchev–Trinajstić information content (AvgIpc) is 3.13. The molecule has 1 saturated carbocycles. The van der Waals surface area contributed by atoms with Crippen LogP contribution in [0.5, 0.6) is 0 Å². The zero-order valence-electron chi connectivity index (χ0n) is 15.7. The Bertz CT molecular complexity index is 1030.